The molecule has 0 bridgehead atoms. The fraction of sp³-hybridized carbons (Fsp3) is 0.357. The molecule has 22 heavy (non-hydrogen) atoms. The van der Waals surface area contributed by atoms with E-state index in [1.54, 1.807) is 17.8 Å². The number of rotatable bonds is 6. The first-order valence-corrected chi connectivity index (χ1v) is 8.57. The number of thioether (sulfide) groups is 1. The van der Waals surface area contributed by atoms with Gasteiger partial charge in [-0.1, -0.05) is 30.1 Å². The number of aryl methyl sites for hydroxylation is 1. The summed E-state index contributed by atoms with van der Waals surface area (Å²) in [6.45, 7) is 4.03. The average Bonchev–Trinajstić information content (AvgIpc) is 2.48. The number of hydrogen-bond donors (Lipinski definition) is 2. The number of halogens is 2. The van der Waals surface area contributed by atoms with E-state index >= 15 is 0 Å². The minimum absolute atomic E-state index is 0.158. The molecule has 8 heteroatoms. The third-order valence-corrected chi connectivity index (χ3v) is 4.77. The van der Waals surface area contributed by atoms with Crippen molar-refractivity contribution in [2.24, 2.45) is 0 Å². The summed E-state index contributed by atoms with van der Waals surface area (Å²) < 4.78 is 0. The van der Waals surface area contributed by atoms with Gasteiger partial charge in [0.2, 0.25) is 11.9 Å². The predicted octanol–water partition coefficient (Wildman–Crippen LogP) is 3.92. The van der Waals surface area contributed by atoms with E-state index < -0.39 is 0 Å². The van der Waals surface area contributed by atoms with Crippen LogP contribution in [-0.4, -0.2) is 26.7 Å². The molecule has 0 spiro atoms. The average molecular weight is 358 g/mol. The Kier molecular flexibility index (Phi) is 6.11. The van der Waals surface area contributed by atoms with Gasteiger partial charge in [-0.15, -0.1) is 11.8 Å². The molecule has 2 aromatic rings. The lowest BCUT2D eigenvalue weighted by Crippen LogP contribution is -2.20. The van der Waals surface area contributed by atoms with E-state index in [0.717, 1.165) is 10.6 Å². The topological polar surface area (TPSA) is 76.7 Å². The molecule has 1 heterocycles. The second-order valence-corrected chi connectivity index (χ2v) is 6.63. The van der Waals surface area contributed by atoms with Gasteiger partial charge in [0.25, 0.3) is 0 Å². The van der Waals surface area contributed by atoms with Crippen molar-refractivity contribution in [3.63, 3.8) is 0 Å². The smallest absolute Gasteiger partial charge is 0.227 e. The zero-order valence-electron chi connectivity index (χ0n) is 12.3. The Balaban J connectivity index is 1.93. The van der Waals surface area contributed by atoms with Gasteiger partial charge in [-0.25, -0.2) is 0 Å². The van der Waals surface area contributed by atoms with Crippen LogP contribution in [0.3, 0.4) is 0 Å². The molecule has 0 radical (unpaired) electrons. The number of nitrogens with one attached hydrogen (secondary N) is 1. The fourth-order valence-corrected chi connectivity index (χ4v) is 2.96. The highest BCUT2D eigenvalue weighted by molar-refractivity contribution is 7.99. The Labute approximate surface area is 144 Å². The van der Waals surface area contributed by atoms with Crippen LogP contribution in [-0.2, 0) is 6.42 Å². The highest BCUT2D eigenvalue weighted by Gasteiger charge is 2.08. The standard InChI is InChI=1S/C14H17Cl2N5S/c1-3-12-19-13(17)21-14(20-12)18-8(2)7-22-9-4-5-10(15)11(16)6-9/h4-6,8H,3,7H2,1-2H3,(H3,17,18,19,20,21). The molecule has 5 nitrogen and oxygen atoms in total. The van der Waals surface area contributed by atoms with Crippen LogP contribution in [0.2, 0.25) is 10.0 Å². The first kappa shape index (κ1) is 17.1. The van der Waals surface area contributed by atoms with Gasteiger partial charge < -0.3 is 11.1 Å². The molecule has 118 valence electrons. The van der Waals surface area contributed by atoms with Gasteiger partial charge in [-0.05, 0) is 25.1 Å². The van der Waals surface area contributed by atoms with Crippen LogP contribution in [0, 0.1) is 0 Å². The van der Waals surface area contributed by atoms with Crippen molar-refractivity contribution >= 4 is 46.9 Å². The quantitative estimate of drug-likeness (QED) is 0.763. The maximum Gasteiger partial charge on any atom is 0.227 e. The predicted molar refractivity (Wildman–Crippen MR) is 93.9 cm³/mol. The summed E-state index contributed by atoms with van der Waals surface area (Å²) in [4.78, 5) is 13.5. The molecule has 0 aliphatic carbocycles. The summed E-state index contributed by atoms with van der Waals surface area (Å²) in [5.74, 6) is 2.25. The number of benzene rings is 1. The van der Waals surface area contributed by atoms with Crippen LogP contribution in [0.5, 0.6) is 0 Å². The van der Waals surface area contributed by atoms with Crippen molar-refractivity contribution in [1.82, 2.24) is 15.0 Å². The van der Waals surface area contributed by atoms with E-state index in [-0.39, 0.29) is 12.0 Å². The van der Waals surface area contributed by atoms with Crippen molar-refractivity contribution in [2.75, 3.05) is 16.8 Å². The molecule has 2 rings (SSSR count). The molecule has 3 N–H and O–H groups in total. The minimum Gasteiger partial charge on any atom is -0.368 e. The summed E-state index contributed by atoms with van der Waals surface area (Å²) in [7, 11) is 0. The van der Waals surface area contributed by atoms with Crippen molar-refractivity contribution in [1.29, 1.82) is 0 Å². The highest BCUT2D eigenvalue weighted by atomic mass is 35.5. The zero-order chi connectivity index (χ0) is 16.1. The summed E-state index contributed by atoms with van der Waals surface area (Å²) in [5.41, 5.74) is 5.67. The third-order valence-electron chi connectivity index (χ3n) is 2.78. The number of nitrogen functional groups attached to an aromatic ring is 1. The van der Waals surface area contributed by atoms with Crippen LogP contribution >= 0.6 is 35.0 Å². The molecular formula is C14H17Cl2N5S. The Hall–Kier alpha value is -1.24. The van der Waals surface area contributed by atoms with Crippen LogP contribution in [0.1, 0.15) is 19.7 Å². The second kappa shape index (κ2) is 7.85. The summed E-state index contributed by atoms with van der Waals surface area (Å²) in [6.07, 6.45) is 0.716. The Morgan fingerprint density at radius 3 is 2.68 bits per heavy atom. The van der Waals surface area contributed by atoms with Crippen LogP contribution in [0.25, 0.3) is 0 Å². The summed E-state index contributed by atoms with van der Waals surface area (Å²) in [5, 5.41) is 4.35. The maximum absolute atomic E-state index is 6.01. The van der Waals surface area contributed by atoms with Gasteiger partial charge in [0, 0.05) is 23.1 Å². The van der Waals surface area contributed by atoms with Crippen LogP contribution in [0.4, 0.5) is 11.9 Å². The van der Waals surface area contributed by atoms with Crippen LogP contribution in [0.15, 0.2) is 23.1 Å². The van der Waals surface area contributed by atoms with E-state index in [4.69, 9.17) is 28.9 Å². The molecule has 0 fully saturated rings. The van der Waals surface area contributed by atoms with E-state index in [0.29, 0.717) is 28.2 Å². The van der Waals surface area contributed by atoms with Crippen LogP contribution < -0.4 is 11.1 Å². The van der Waals surface area contributed by atoms with E-state index in [2.05, 4.69) is 27.2 Å². The maximum atomic E-state index is 6.01. The Bertz CT molecular complexity index is 653. The first-order valence-electron chi connectivity index (χ1n) is 6.82. The molecule has 1 unspecified atom stereocenters. The lowest BCUT2D eigenvalue weighted by atomic mass is 10.4. The third kappa shape index (κ3) is 4.90. The molecule has 0 amide bonds. The lowest BCUT2D eigenvalue weighted by molar-refractivity contribution is 0.851. The number of nitrogens with zero attached hydrogens (tertiary/aromatic N) is 3. The molecule has 1 atom stereocenters. The van der Waals surface area contributed by atoms with Crippen molar-refractivity contribution in [2.45, 2.75) is 31.2 Å². The molecule has 1 aromatic carbocycles. The molecule has 0 saturated heterocycles. The van der Waals surface area contributed by atoms with Gasteiger partial charge in [-0.3, -0.25) is 0 Å². The lowest BCUT2D eigenvalue weighted by Gasteiger charge is -2.14. The molecule has 0 saturated carbocycles. The minimum atomic E-state index is 0.158. The number of nitrogens with two attached hydrogens (primary N) is 1. The zero-order valence-corrected chi connectivity index (χ0v) is 14.6. The molecule has 0 aliphatic rings. The second-order valence-electron chi connectivity index (χ2n) is 4.72. The van der Waals surface area contributed by atoms with Crippen molar-refractivity contribution in [3.05, 3.63) is 34.1 Å². The highest BCUT2D eigenvalue weighted by Crippen LogP contribution is 2.28. The van der Waals surface area contributed by atoms with Gasteiger partial charge in [0.15, 0.2) is 0 Å². The van der Waals surface area contributed by atoms with Crippen molar-refractivity contribution < 1.29 is 0 Å². The van der Waals surface area contributed by atoms with Gasteiger partial charge in [-0.2, -0.15) is 15.0 Å². The summed E-state index contributed by atoms with van der Waals surface area (Å²) in [6, 6.07) is 5.76. The van der Waals surface area contributed by atoms with Gasteiger partial charge >= 0.3 is 0 Å². The molecule has 0 aliphatic heterocycles. The van der Waals surface area contributed by atoms with Gasteiger partial charge in [0.1, 0.15) is 5.82 Å². The largest absolute Gasteiger partial charge is 0.368 e. The normalized spacial score (nSPS) is 12.2. The Morgan fingerprint density at radius 1 is 1.23 bits per heavy atom. The van der Waals surface area contributed by atoms with E-state index in [9.17, 15) is 0 Å². The Morgan fingerprint density at radius 2 is 2.00 bits per heavy atom. The number of aromatic nitrogens is 3. The molecule has 1 aromatic heterocycles. The van der Waals surface area contributed by atoms with E-state index in [1.807, 2.05) is 19.1 Å². The molecular weight excluding hydrogens is 341 g/mol. The monoisotopic (exact) mass is 357 g/mol. The number of hydrogen-bond acceptors (Lipinski definition) is 6. The van der Waals surface area contributed by atoms with Crippen molar-refractivity contribution in [3.8, 4) is 0 Å². The SMILES string of the molecule is CCc1nc(N)nc(NC(C)CSc2ccc(Cl)c(Cl)c2)n1. The van der Waals surface area contributed by atoms with E-state index in [1.165, 1.54) is 0 Å². The summed E-state index contributed by atoms with van der Waals surface area (Å²) >= 11 is 13.6. The number of anilines is 2. The van der Waals surface area contributed by atoms with Gasteiger partial charge in [0.05, 0.1) is 10.0 Å². The first-order chi connectivity index (χ1) is 10.5. The fourth-order valence-electron chi connectivity index (χ4n) is 1.71.